The van der Waals surface area contributed by atoms with Gasteiger partial charge in [0.2, 0.25) is 0 Å². The zero-order valence-corrected chi connectivity index (χ0v) is 19.9. The summed E-state index contributed by atoms with van der Waals surface area (Å²) >= 11 is 0. The molecule has 1 N–H and O–H groups in total. The van der Waals surface area contributed by atoms with Crippen LogP contribution in [0.15, 0.2) is 0 Å². The third kappa shape index (κ3) is 13.4. The smallest absolute Gasteiger partial charge is 0.438 e. The van der Waals surface area contributed by atoms with Gasteiger partial charge in [-0.05, 0) is 0 Å². The molecule has 0 saturated heterocycles. The fraction of sp³-hybridized carbons (Fsp3) is 0.938. The molecular weight excluding hydrogens is 656 g/mol. The number of aliphatic hydroxyl groups is 1. The summed E-state index contributed by atoms with van der Waals surface area (Å²) in [6.45, 7) is -12.8. The van der Waals surface area contributed by atoms with Crippen LogP contribution in [-0.2, 0) is 37.9 Å². The van der Waals surface area contributed by atoms with Gasteiger partial charge in [0, 0.05) is 0 Å². The van der Waals surface area contributed by atoms with Crippen LogP contribution in [0.5, 0.6) is 0 Å². The van der Waals surface area contributed by atoms with Crippen molar-refractivity contribution in [2.75, 3.05) is 46.8 Å². The molecule has 0 amide bonds. The highest BCUT2D eigenvalue weighted by Crippen LogP contribution is 2.44. The van der Waals surface area contributed by atoms with Gasteiger partial charge in [-0.3, -0.25) is 0 Å². The summed E-state index contributed by atoms with van der Waals surface area (Å²) in [5.41, 5.74) is 0. The number of carbonyl (C=O) groups excluding carboxylic acids is 1. The molecule has 0 radical (unpaired) electrons. The van der Waals surface area contributed by atoms with E-state index in [1.54, 1.807) is 0 Å². The summed E-state index contributed by atoms with van der Waals surface area (Å²) in [4.78, 5) is 10.5. The number of ether oxygens (including phenoxy) is 8. The number of hydrogen-bond acceptors (Lipinski definition) is 10. The van der Waals surface area contributed by atoms with Crippen molar-refractivity contribution in [3.63, 3.8) is 0 Å². The zero-order chi connectivity index (χ0) is 33.5. The first-order valence-corrected chi connectivity index (χ1v) is 9.85. The Kier molecular flexibility index (Phi) is 13.4. The Labute approximate surface area is 221 Å². The maximum Gasteiger partial charge on any atom is 0.508 e. The molecule has 0 fully saturated rings. The quantitative estimate of drug-likeness (QED) is 0.112. The zero-order valence-electron chi connectivity index (χ0n) is 19.9. The topological polar surface area (TPSA) is 111 Å². The van der Waals surface area contributed by atoms with E-state index in [0.29, 0.717) is 7.11 Å². The van der Waals surface area contributed by atoms with Gasteiger partial charge in [0.1, 0.15) is 19.8 Å². The van der Waals surface area contributed by atoms with E-state index in [1.807, 2.05) is 0 Å². The number of methoxy groups -OCH3 is 1. The van der Waals surface area contributed by atoms with Gasteiger partial charge in [0.25, 0.3) is 0 Å². The molecule has 0 aromatic carbocycles. The van der Waals surface area contributed by atoms with Crippen LogP contribution in [0.25, 0.3) is 0 Å². The van der Waals surface area contributed by atoms with Crippen LogP contribution in [0.3, 0.4) is 0 Å². The van der Waals surface area contributed by atoms with Gasteiger partial charge >= 0.3 is 55.0 Å². The second-order valence-electron chi connectivity index (χ2n) is 7.03. The van der Waals surface area contributed by atoms with E-state index in [9.17, 15) is 75.0 Å². The van der Waals surface area contributed by atoms with Crippen molar-refractivity contribution in [3.8, 4) is 0 Å². The molecule has 26 heteroatoms. The minimum Gasteiger partial charge on any atom is -0.438 e. The molecule has 0 bridgehead atoms. The maximum absolute atomic E-state index is 13.4. The predicted octanol–water partition coefficient (Wildman–Crippen LogP) is 4.60. The van der Waals surface area contributed by atoms with E-state index in [2.05, 4.69) is 37.9 Å². The molecule has 0 rings (SSSR count). The summed E-state index contributed by atoms with van der Waals surface area (Å²) in [5, 5.41) is 8.02. The monoisotopic (exact) mass is 672 g/mol. The minimum atomic E-state index is -6.55. The first kappa shape index (κ1) is 39.9. The Morgan fingerprint density at radius 1 is 0.524 bits per heavy atom. The summed E-state index contributed by atoms with van der Waals surface area (Å²) in [6.07, 6.45) is -49.7. The fourth-order valence-corrected chi connectivity index (χ4v) is 1.81. The summed E-state index contributed by atoms with van der Waals surface area (Å²) in [7, 11) is 0.565. The van der Waals surface area contributed by atoms with Crippen molar-refractivity contribution >= 4 is 6.16 Å². The van der Waals surface area contributed by atoms with Gasteiger partial charge in [-0.25, -0.2) is 23.7 Å². The minimum absolute atomic E-state index is 0.565. The molecule has 0 atom stereocenters. The molecule has 0 unspecified atom stereocenters. The Hall–Kier alpha value is -2.13. The number of hydrogen-bond donors (Lipinski definition) is 1. The fourth-order valence-electron chi connectivity index (χ4n) is 1.81. The molecule has 0 aromatic rings. The lowest BCUT2D eigenvalue weighted by Gasteiger charge is -2.31. The van der Waals surface area contributed by atoms with Gasteiger partial charge in [0.05, 0.1) is 20.3 Å². The lowest BCUT2D eigenvalue weighted by Crippen LogP contribution is -2.53. The van der Waals surface area contributed by atoms with Crippen LogP contribution in [-0.4, -0.2) is 107 Å². The Morgan fingerprint density at radius 3 is 1.10 bits per heavy atom. The second kappa shape index (κ2) is 14.1. The van der Waals surface area contributed by atoms with Crippen LogP contribution >= 0.6 is 0 Å². The molecule has 0 heterocycles. The highest BCUT2D eigenvalue weighted by Gasteiger charge is 2.68. The highest BCUT2D eigenvalue weighted by molar-refractivity contribution is 5.59. The summed E-state index contributed by atoms with van der Waals surface area (Å²) in [6, 6.07) is 0. The number of aliphatic hydroxyl groups excluding tert-OH is 1. The van der Waals surface area contributed by atoms with E-state index in [4.69, 9.17) is 5.11 Å². The molecule has 0 saturated carbocycles. The third-order valence-electron chi connectivity index (χ3n) is 3.41. The molecule has 0 aliphatic carbocycles. The van der Waals surface area contributed by atoms with Crippen molar-refractivity contribution in [1.82, 2.24) is 0 Å². The Morgan fingerprint density at radius 2 is 0.810 bits per heavy atom. The van der Waals surface area contributed by atoms with E-state index >= 15 is 0 Å². The van der Waals surface area contributed by atoms with Crippen molar-refractivity contribution in [2.45, 2.75) is 48.9 Å². The average molecular weight is 672 g/mol. The maximum atomic E-state index is 13.4. The van der Waals surface area contributed by atoms with Crippen molar-refractivity contribution in [3.05, 3.63) is 0 Å². The first-order valence-electron chi connectivity index (χ1n) is 9.85. The Balaban J connectivity index is 4.84. The van der Waals surface area contributed by atoms with Crippen LogP contribution in [0.1, 0.15) is 0 Å². The second-order valence-corrected chi connectivity index (χ2v) is 7.03. The number of halogens is 16. The third-order valence-corrected chi connectivity index (χ3v) is 3.41. The van der Waals surface area contributed by atoms with E-state index < -0.39 is 94.7 Å². The van der Waals surface area contributed by atoms with Gasteiger partial charge < -0.3 is 24.1 Å². The van der Waals surface area contributed by atoms with Crippen molar-refractivity contribution in [1.29, 1.82) is 0 Å². The van der Waals surface area contributed by atoms with E-state index in [0.717, 1.165) is 0 Å². The molecule has 0 spiro atoms. The van der Waals surface area contributed by atoms with Gasteiger partial charge in [-0.15, -0.1) is 0 Å². The van der Waals surface area contributed by atoms with Gasteiger partial charge in [0.15, 0.2) is 6.61 Å². The number of carbonyl (C=O) groups is 1. The largest absolute Gasteiger partial charge is 0.508 e. The van der Waals surface area contributed by atoms with E-state index in [1.165, 1.54) is 0 Å². The molecule has 0 aromatic heterocycles. The first-order chi connectivity index (χ1) is 18.6. The predicted molar refractivity (Wildman–Crippen MR) is 91.0 cm³/mol. The van der Waals surface area contributed by atoms with Crippen LogP contribution < -0.4 is 0 Å². The molecule has 252 valence electrons. The van der Waals surface area contributed by atoms with Gasteiger partial charge in [-0.2, -0.15) is 70.2 Å². The lowest BCUT2D eigenvalue weighted by atomic mass is 10.5. The standard InChI is InChI=1S/C16H16F16O10/c1-35-8(34)38-7-12(23,24)42-16(31,32)15(29,30)41-11(21,22)6-37-3-2-36-5-10(19,20)40-14(27,28)13(25,26)39-9(17,18)4-33/h33H,2-7H2,1H3. The summed E-state index contributed by atoms with van der Waals surface area (Å²) in [5.74, 6) is 0. The highest BCUT2D eigenvalue weighted by atomic mass is 19.4. The molecular formula is C16H16F16O10. The Bertz CT molecular complexity index is 857. The molecule has 10 nitrogen and oxygen atoms in total. The van der Waals surface area contributed by atoms with Crippen molar-refractivity contribution in [2.24, 2.45) is 0 Å². The normalized spacial score (nSPS) is 14.7. The van der Waals surface area contributed by atoms with E-state index in [-0.39, 0.29) is 0 Å². The average Bonchev–Trinajstić information content (AvgIpc) is 2.76. The molecule has 42 heavy (non-hydrogen) atoms. The van der Waals surface area contributed by atoms with Crippen LogP contribution in [0.4, 0.5) is 75.0 Å². The molecule has 0 aliphatic heterocycles. The SMILES string of the molecule is COC(=O)OCC(F)(F)OC(F)(F)C(F)(F)OC(F)(F)COCCOCC(F)(F)OC(F)(F)C(F)(F)OC(F)(F)CO. The van der Waals surface area contributed by atoms with Crippen LogP contribution in [0.2, 0.25) is 0 Å². The lowest BCUT2D eigenvalue weighted by molar-refractivity contribution is -0.516. The number of alkyl halides is 16. The van der Waals surface area contributed by atoms with Crippen molar-refractivity contribution < 1.29 is 118 Å². The number of rotatable bonds is 20. The van der Waals surface area contributed by atoms with Gasteiger partial charge in [-0.1, -0.05) is 0 Å². The molecule has 0 aliphatic rings. The summed E-state index contributed by atoms with van der Waals surface area (Å²) < 4.78 is 235. The van der Waals surface area contributed by atoms with Crippen LogP contribution in [0, 0.1) is 0 Å².